The maximum absolute atomic E-state index is 9.92. The summed E-state index contributed by atoms with van der Waals surface area (Å²) in [7, 11) is 0. The van der Waals surface area contributed by atoms with Crippen molar-refractivity contribution in [2.45, 2.75) is 6.92 Å². The number of benzene rings is 11. The second-order valence-electron chi connectivity index (χ2n) is 19.5. The smallest absolute Gasteiger partial charge is 0.189 e. The Labute approximate surface area is 431 Å². The lowest BCUT2D eigenvalue weighted by atomic mass is 9.93. The first-order chi connectivity index (χ1) is 37.0. The third-order valence-electron chi connectivity index (χ3n) is 15.5. The molecule has 0 atom stereocenters. The molecule has 0 bridgehead atoms. The van der Waals surface area contributed by atoms with Crippen LogP contribution in [-0.4, -0.2) is 18.3 Å². The fraction of sp³-hybridized carbons (Fsp3) is 0.0145. The van der Waals surface area contributed by atoms with Gasteiger partial charge in [0.2, 0.25) is 0 Å². The van der Waals surface area contributed by atoms with Crippen molar-refractivity contribution in [2.24, 2.45) is 0 Å². The minimum atomic E-state index is 0.549. The Morgan fingerprint density at radius 3 is 1.27 bits per heavy atom. The minimum absolute atomic E-state index is 0.549. The van der Waals surface area contributed by atoms with E-state index in [1.54, 1.807) is 0 Å². The fourth-order valence-corrected chi connectivity index (χ4v) is 12.3. The Hall–Kier alpha value is -10.4. The second-order valence-corrected chi connectivity index (χ2v) is 19.5. The van der Waals surface area contributed by atoms with E-state index >= 15 is 0 Å². The second kappa shape index (κ2) is 16.3. The normalized spacial score (nSPS) is 11.8. The largest absolute Gasteiger partial charge is 0.310 e. The van der Waals surface area contributed by atoms with Crippen molar-refractivity contribution in [1.82, 2.24) is 18.3 Å². The van der Waals surface area contributed by atoms with Gasteiger partial charge in [0.05, 0.1) is 68.0 Å². The first kappa shape index (κ1) is 42.3. The number of aromatic nitrogens is 4. The monoisotopic (exact) mass is 954 g/mol. The summed E-state index contributed by atoms with van der Waals surface area (Å²) in [6.45, 7) is 10.5. The first-order valence-electron chi connectivity index (χ1n) is 25.3. The van der Waals surface area contributed by atoms with Crippen LogP contribution < -0.4 is 0 Å². The Kier molecular flexibility index (Phi) is 9.20. The molecule has 0 spiro atoms. The van der Waals surface area contributed by atoms with Crippen LogP contribution in [0.25, 0.3) is 137 Å². The number of nitriles is 1. The molecule has 348 valence electrons. The van der Waals surface area contributed by atoms with Gasteiger partial charge >= 0.3 is 0 Å². The van der Waals surface area contributed by atoms with E-state index in [9.17, 15) is 5.26 Å². The number of aryl methyl sites for hydroxylation is 1. The van der Waals surface area contributed by atoms with E-state index < -0.39 is 0 Å². The lowest BCUT2D eigenvalue weighted by molar-refractivity contribution is 1.15. The van der Waals surface area contributed by atoms with Gasteiger partial charge < -0.3 is 18.3 Å². The zero-order valence-corrected chi connectivity index (χ0v) is 40.7. The maximum atomic E-state index is 9.92. The van der Waals surface area contributed by atoms with Crippen molar-refractivity contribution in [2.75, 3.05) is 0 Å². The quantitative estimate of drug-likeness (QED) is 0.153. The average molecular weight is 955 g/mol. The number of para-hydroxylation sites is 6. The molecule has 0 radical (unpaired) electrons. The summed E-state index contributed by atoms with van der Waals surface area (Å²) >= 11 is 0. The highest BCUT2D eigenvalue weighted by Crippen LogP contribution is 2.46. The molecular weight excluding hydrogens is 913 g/mol. The molecule has 0 saturated heterocycles. The van der Waals surface area contributed by atoms with Crippen LogP contribution in [0.4, 0.5) is 5.69 Å². The van der Waals surface area contributed by atoms with Crippen LogP contribution in [0.5, 0.6) is 0 Å². The molecule has 6 nitrogen and oxygen atoms in total. The van der Waals surface area contributed by atoms with Crippen LogP contribution in [0, 0.1) is 24.8 Å². The van der Waals surface area contributed by atoms with Crippen molar-refractivity contribution >= 4 is 92.9 Å². The Bertz CT molecular complexity index is 4970. The molecular formula is C69H42N6. The molecule has 0 fully saturated rings. The van der Waals surface area contributed by atoms with Gasteiger partial charge in [-0.25, -0.2) is 4.85 Å². The summed E-state index contributed by atoms with van der Waals surface area (Å²) in [6.07, 6.45) is 0. The highest BCUT2D eigenvalue weighted by Gasteiger charge is 2.25. The number of fused-ring (bicyclic) bond motifs is 12. The predicted octanol–water partition coefficient (Wildman–Crippen LogP) is 18.1. The molecule has 6 heteroatoms. The summed E-state index contributed by atoms with van der Waals surface area (Å²) in [5, 5.41) is 19.3. The van der Waals surface area contributed by atoms with Gasteiger partial charge in [0, 0.05) is 71.3 Å². The maximum Gasteiger partial charge on any atom is 0.189 e. The van der Waals surface area contributed by atoms with Crippen molar-refractivity contribution in [3.05, 3.63) is 259 Å². The molecule has 0 aliphatic heterocycles. The van der Waals surface area contributed by atoms with Crippen molar-refractivity contribution < 1.29 is 0 Å². The molecule has 0 saturated carbocycles. The van der Waals surface area contributed by atoms with Crippen LogP contribution in [0.3, 0.4) is 0 Å². The lowest BCUT2D eigenvalue weighted by Gasteiger charge is -2.21. The number of rotatable bonds is 6. The summed E-state index contributed by atoms with van der Waals surface area (Å²) in [5.74, 6) is 0. The van der Waals surface area contributed by atoms with Crippen LogP contribution in [-0.2, 0) is 0 Å². The molecule has 11 aromatic carbocycles. The molecule has 75 heavy (non-hydrogen) atoms. The van der Waals surface area contributed by atoms with E-state index in [4.69, 9.17) is 6.57 Å². The molecule has 0 aliphatic rings. The highest BCUT2D eigenvalue weighted by molar-refractivity contribution is 6.21. The standard InChI is InChI=1S/C69H42N6/c1-43-35-44(42-70)29-32-49(43)45-30-34-64(74-62-27-15-11-23-52(62)58-38-56-50-21-9-13-25-60(50)72(66(56)40-68(58)74)47-17-5-3-6-18-47)55(36-45)54-33-31-46(71-2)37-65(54)75-63-28-16-12-24-53(63)59-39-57-51-22-10-14-26-61(51)73(67(57)41-69(59)75)48-19-7-4-8-20-48/h3-41H,1H3. The van der Waals surface area contributed by atoms with Gasteiger partial charge in [-0.2, -0.15) is 5.26 Å². The third kappa shape index (κ3) is 6.24. The van der Waals surface area contributed by atoms with Gasteiger partial charge in [-0.3, -0.25) is 0 Å². The molecule has 15 aromatic rings. The third-order valence-corrected chi connectivity index (χ3v) is 15.5. The van der Waals surface area contributed by atoms with Gasteiger partial charge in [0.25, 0.3) is 0 Å². The van der Waals surface area contributed by atoms with Gasteiger partial charge in [0.1, 0.15) is 0 Å². The SMILES string of the molecule is [C-]#[N+]c1ccc(-c2cc(-c3ccc(C#N)cc3C)ccc2-n2c3ccccc3c3cc4c5ccccc5n(-c5ccccc5)c4cc32)c(-n2c3ccccc3c3cc4c5ccccc5n(-c5ccccc5)c4cc32)c1. The number of hydrogen-bond donors (Lipinski definition) is 0. The molecule has 4 heterocycles. The molecule has 15 rings (SSSR count). The Morgan fingerprint density at radius 2 is 0.787 bits per heavy atom. The van der Waals surface area contributed by atoms with Crippen molar-refractivity contribution in [3.8, 4) is 51.1 Å². The molecule has 0 N–H and O–H groups in total. The highest BCUT2D eigenvalue weighted by atomic mass is 15.0. The predicted molar refractivity (Wildman–Crippen MR) is 310 cm³/mol. The first-order valence-corrected chi connectivity index (χ1v) is 25.3. The van der Waals surface area contributed by atoms with Crippen LogP contribution in [0.1, 0.15) is 11.1 Å². The topological polar surface area (TPSA) is 47.9 Å². The van der Waals surface area contributed by atoms with Crippen molar-refractivity contribution in [1.29, 1.82) is 5.26 Å². The fourth-order valence-electron chi connectivity index (χ4n) is 12.3. The summed E-state index contributed by atoms with van der Waals surface area (Å²) in [5.41, 5.74) is 19.1. The van der Waals surface area contributed by atoms with E-state index in [2.05, 4.69) is 254 Å². The molecule has 4 aromatic heterocycles. The zero-order chi connectivity index (χ0) is 49.9. The summed E-state index contributed by atoms with van der Waals surface area (Å²) in [6, 6.07) is 86.8. The number of nitrogens with zero attached hydrogens (tertiary/aromatic N) is 6. The average Bonchev–Trinajstić information content (AvgIpc) is 4.24. The Morgan fingerprint density at radius 1 is 0.347 bits per heavy atom. The van der Waals surface area contributed by atoms with E-state index in [0.29, 0.717) is 11.3 Å². The van der Waals surface area contributed by atoms with E-state index in [1.807, 2.05) is 18.2 Å². The molecule has 0 amide bonds. The minimum Gasteiger partial charge on any atom is -0.310 e. The molecule has 0 aliphatic carbocycles. The van der Waals surface area contributed by atoms with Gasteiger partial charge in [-0.05, 0) is 127 Å². The van der Waals surface area contributed by atoms with Gasteiger partial charge in [0.15, 0.2) is 5.69 Å². The van der Waals surface area contributed by atoms with Crippen molar-refractivity contribution in [3.63, 3.8) is 0 Å². The lowest BCUT2D eigenvalue weighted by Crippen LogP contribution is -2.02. The van der Waals surface area contributed by atoms with E-state index in [0.717, 1.165) is 116 Å². The van der Waals surface area contributed by atoms with E-state index in [1.165, 1.54) is 21.5 Å². The zero-order valence-electron chi connectivity index (χ0n) is 40.7. The Balaban J connectivity index is 1.07. The summed E-state index contributed by atoms with van der Waals surface area (Å²) < 4.78 is 9.60. The summed E-state index contributed by atoms with van der Waals surface area (Å²) in [4.78, 5) is 4.09. The van der Waals surface area contributed by atoms with Crippen LogP contribution in [0.15, 0.2) is 237 Å². The van der Waals surface area contributed by atoms with Gasteiger partial charge in [-0.15, -0.1) is 0 Å². The number of hydrogen-bond acceptors (Lipinski definition) is 1. The van der Waals surface area contributed by atoms with Crippen LogP contribution in [0.2, 0.25) is 0 Å². The van der Waals surface area contributed by atoms with E-state index in [-0.39, 0.29) is 0 Å². The molecule has 0 unspecified atom stereocenters. The van der Waals surface area contributed by atoms with Gasteiger partial charge in [-0.1, -0.05) is 133 Å². The van der Waals surface area contributed by atoms with Crippen LogP contribution >= 0.6 is 0 Å².